The van der Waals surface area contributed by atoms with Gasteiger partial charge >= 0.3 is 0 Å². The number of imide groups is 1. The van der Waals surface area contributed by atoms with E-state index in [2.05, 4.69) is 27.2 Å². The molecule has 152 valence electrons. The fourth-order valence-corrected chi connectivity index (χ4v) is 4.67. The van der Waals surface area contributed by atoms with Crippen molar-refractivity contribution in [2.45, 2.75) is 20.4 Å². The van der Waals surface area contributed by atoms with Crippen LogP contribution in [0.25, 0.3) is 11.8 Å². The molecular formula is C23H19IN2O3S. The van der Waals surface area contributed by atoms with Gasteiger partial charge in [0, 0.05) is 20.6 Å². The average Bonchev–Trinajstić information content (AvgIpc) is 3.14. The second-order valence-corrected chi connectivity index (χ2v) is 9.31. The fraction of sp³-hybridized carbons (Fsp3) is 0.130. The number of nitrogens with zero attached hydrogens (tertiary/aromatic N) is 2. The van der Waals surface area contributed by atoms with Gasteiger partial charge in [0.05, 0.1) is 11.4 Å². The average molecular weight is 530 g/mol. The maximum absolute atomic E-state index is 12.9. The van der Waals surface area contributed by atoms with E-state index in [0.717, 1.165) is 43.5 Å². The highest BCUT2D eigenvalue weighted by molar-refractivity contribution is 14.1. The number of phenolic OH excluding ortho intramolecular Hbond substituents is 1. The summed E-state index contributed by atoms with van der Waals surface area (Å²) in [5.74, 6) is -0.0544. The first-order chi connectivity index (χ1) is 14.3. The molecule has 2 amide bonds. The van der Waals surface area contributed by atoms with Crippen molar-refractivity contribution in [3.8, 4) is 11.4 Å². The second-order valence-electron chi connectivity index (χ2n) is 7.07. The lowest BCUT2D eigenvalue weighted by molar-refractivity contribution is -0.123. The zero-order valence-corrected chi connectivity index (χ0v) is 19.4. The lowest BCUT2D eigenvalue weighted by Gasteiger charge is -2.12. The number of carbonyl (C=O) groups excluding carboxylic acids is 2. The van der Waals surface area contributed by atoms with Crippen LogP contribution in [0.1, 0.15) is 22.5 Å². The van der Waals surface area contributed by atoms with Crippen molar-refractivity contribution in [2.24, 2.45) is 0 Å². The van der Waals surface area contributed by atoms with E-state index in [4.69, 9.17) is 0 Å². The Morgan fingerprint density at radius 3 is 2.37 bits per heavy atom. The Balaban J connectivity index is 1.61. The van der Waals surface area contributed by atoms with Gasteiger partial charge in [-0.25, -0.2) is 0 Å². The quantitative estimate of drug-likeness (QED) is 0.351. The lowest BCUT2D eigenvalue weighted by Crippen LogP contribution is -2.27. The van der Waals surface area contributed by atoms with Crippen LogP contribution < -0.4 is 0 Å². The lowest BCUT2D eigenvalue weighted by atomic mass is 10.2. The number of hydrogen-bond donors (Lipinski definition) is 1. The molecule has 1 saturated heterocycles. The van der Waals surface area contributed by atoms with Gasteiger partial charge in [-0.2, -0.15) is 0 Å². The van der Waals surface area contributed by atoms with Crippen LogP contribution in [0.2, 0.25) is 0 Å². The van der Waals surface area contributed by atoms with Crippen LogP contribution in [0.4, 0.5) is 4.79 Å². The second kappa shape index (κ2) is 8.31. The van der Waals surface area contributed by atoms with Crippen LogP contribution in [-0.2, 0) is 11.3 Å². The predicted molar refractivity (Wildman–Crippen MR) is 128 cm³/mol. The van der Waals surface area contributed by atoms with Crippen LogP contribution in [0, 0.1) is 17.4 Å². The van der Waals surface area contributed by atoms with E-state index in [1.54, 1.807) is 18.2 Å². The van der Waals surface area contributed by atoms with Gasteiger partial charge in [0.25, 0.3) is 11.1 Å². The van der Waals surface area contributed by atoms with E-state index in [1.165, 1.54) is 4.90 Å². The Morgan fingerprint density at radius 1 is 1.03 bits per heavy atom. The maximum atomic E-state index is 12.9. The molecule has 0 atom stereocenters. The van der Waals surface area contributed by atoms with E-state index < -0.39 is 0 Å². The number of benzene rings is 2. The van der Waals surface area contributed by atoms with Crippen molar-refractivity contribution < 1.29 is 14.7 Å². The molecule has 0 saturated carbocycles. The number of aromatic hydroxyl groups is 1. The Morgan fingerprint density at radius 2 is 1.70 bits per heavy atom. The Hall–Kier alpha value is -2.52. The van der Waals surface area contributed by atoms with Crippen molar-refractivity contribution in [3.05, 3.63) is 85.6 Å². The van der Waals surface area contributed by atoms with E-state index in [9.17, 15) is 14.7 Å². The summed E-state index contributed by atoms with van der Waals surface area (Å²) >= 11 is 3.20. The van der Waals surface area contributed by atoms with Gasteiger partial charge in [0.2, 0.25) is 0 Å². The van der Waals surface area contributed by atoms with Gasteiger partial charge < -0.3 is 9.67 Å². The van der Waals surface area contributed by atoms with Crippen molar-refractivity contribution in [3.63, 3.8) is 0 Å². The van der Waals surface area contributed by atoms with E-state index in [-0.39, 0.29) is 23.4 Å². The van der Waals surface area contributed by atoms with Crippen molar-refractivity contribution >= 4 is 51.6 Å². The molecule has 0 spiro atoms. The number of aryl methyl sites for hydroxylation is 1. The highest BCUT2D eigenvalue weighted by atomic mass is 127. The monoisotopic (exact) mass is 530 g/mol. The molecule has 2 aromatic carbocycles. The smallest absolute Gasteiger partial charge is 0.293 e. The first kappa shape index (κ1) is 20.7. The first-order valence-electron chi connectivity index (χ1n) is 9.31. The number of phenols is 1. The molecule has 4 rings (SSSR count). The number of halogens is 1. The molecule has 1 aliphatic heterocycles. The molecule has 2 heterocycles. The largest absolute Gasteiger partial charge is 0.508 e. The van der Waals surface area contributed by atoms with Crippen molar-refractivity contribution in [2.75, 3.05) is 0 Å². The van der Waals surface area contributed by atoms with Gasteiger partial charge in [-0.3, -0.25) is 14.5 Å². The summed E-state index contributed by atoms with van der Waals surface area (Å²) in [7, 11) is 0. The fourth-order valence-electron chi connectivity index (χ4n) is 3.48. The summed E-state index contributed by atoms with van der Waals surface area (Å²) in [4.78, 5) is 27.1. The van der Waals surface area contributed by atoms with Crippen LogP contribution in [0.5, 0.6) is 5.75 Å². The Labute approximate surface area is 192 Å². The summed E-state index contributed by atoms with van der Waals surface area (Å²) in [5.41, 5.74) is 4.70. The minimum atomic E-state index is -0.266. The molecular weight excluding hydrogens is 511 g/mol. The molecule has 30 heavy (non-hydrogen) atoms. The third kappa shape index (κ3) is 4.04. The topological polar surface area (TPSA) is 62.5 Å². The molecule has 0 bridgehead atoms. The van der Waals surface area contributed by atoms with Gasteiger partial charge in [0.15, 0.2) is 0 Å². The summed E-state index contributed by atoms with van der Waals surface area (Å²) in [6.45, 7) is 4.23. The van der Waals surface area contributed by atoms with Gasteiger partial charge in [-0.05, 0) is 108 Å². The maximum Gasteiger partial charge on any atom is 0.293 e. The Bertz CT molecular complexity index is 1160. The van der Waals surface area contributed by atoms with Gasteiger partial charge in [-0.15, -0.1) is 0 Å². The van der Waals surface area contributed by atoms with E-state index >= 15 is 0 Å². The molecule has 5 nitrogen and oxygen atoms in total. The zero-order chi connectivity index (χ0) is 21.4. The molecule has 0 unspecified atom stereocenters. The molecule has 1 aromatic heterocycles. The zero-order valence-electron chi connectivity index (χ0n) is 16.4. The van der Waals surface area contributed by atoms with Gasteiger partial charge in [0.1, 0.15) is 5.75 Å². The predicted octanol–water partition coefficient (Wildman–Crippen LogP) is 5.64. The summed E-state index contributed by atoms with van der Waals surface area (Å²) in [6.07, 6.45) is 1.79. The summed E-state index contributed by atoms with van der Waals surface area (Å²) in [6, 6.07) is 16.7. The van der Waals surface area contributed by atoms with E-state index in [1.807, 2.05) is 56.3 Å². The van der Waals surface area contributed by atoms with Crippen LogP contribution in [0.15, 0.2) is 59.5 Å². The third-order valence-corrected chi connectivity index (χ3v) is 6.62. The summed E-state index contributed by atoms with van der Waals surface area (Å²) < 4.78 is 3.16. The van der Waals surface area contributed by atoms with Gasteiger partial charge in [-0.1, -0.05) is 12.1 Å². The molecule has 7 heteroatoms. The van der Waals surface area contributed by atoms with Crippen molar-refractivity contribution in [1.82, 2.24) is 9.47 Å². The highest BCUT2D eigenvalue weighted by Crippen LogP contribution is 2.34. The number of carbonyl (C=O) groups is 2. The normalized spacial score (nSPS) is 15.4. The number of aromatic nitrogens is 1. The van der Waals surface area contributed by atoms with Crippen LogP contribution >= 0.6 is 34.4 Å². The number of rotatable bonds is 4. The molecule has 1 N–H and O–H groups in total. The van der Waals surface area contributed by atoms with Crippen molar-refractivity contribution in [1.29, 1.82) is 0 Å². The minimum Gasteiger partial charge on any atom is -0.508 e. The number of thioether (sulfide) groups is 1. The van der Waals surface area contributed by atoms with Crippen LogP contribution in [-0.4, -0.2) is 25.7 Å². The SMILES string of the molecule is Cc1cc(/C=C2\SC(=O)N(Cc3ccc(I)cc3)C2=O)c(C)n1-c1ccc(O)cc1. The molecule has 0 radical (unpaired) electrons. The van der Waals surface area contributed by atoms with Crippen LogP contribution in [0.3, 0.4) is 0 Å². The Kier molecular flexibility index (Phi) is 5.75. The first-order valence-corrected chi connectivity index (χ1v) is 11.2. The third-order valence-electron chi connectivity index (χ3n) is 4.99. The highest BCUT2D eigenvalue weighted by Gasteiger charge is 2.35. The molecule has 0 aliphatic carbocycles. The minimum absolute atomic E-state index is 0.211. The standard InChI is InChI=1S/C23H19IN2O3S/c1-14-11-17(15(2)26(14)19-7-9-20(27)10-8-19)12-21-22(28)25(23(29)30-21)13-16-3-5-18(24)6-4-16/h3-12,27H,13H2,1-2H3/b21-12-. The number of amides is 2. The molecule has 1 aliphatic rings. The van der Waals surface area contributed by atoms with E-state index in [0.29, 0.717) is 4.91 Å². The molecule has 1 fully saturated rings. The number of hydrogen-bond acceptors (Lipinski definition) is 4. The molecule has 3 aromatic rings. The summed E-state index contributed by atoms with van der Waals surface area (Å²) in [5, 5.41) is 9.29.